The number of methoxy groups -OCH3 is 1. The highest BCUT2D eigenvalue weighted by Crippen LogP contribution is 2.33. The van der Waals surface area contributed by atoms with E-state index in [2.05, 4.69) is 60.4 Å². The van der Waals surface area contributed by atoms with Gasteiger partial charge in [-0.1, -0.05) is 42.5 Å². The lowest BCUT2D eigenvalue weighted by Crippen LogP contribution is -2.29. The van der Waals surface area contributed by atoms with Gasteiger partial charge in [0.15, 0.2) is 0 Å². The summed E-state index contributed by atoms with van der Waals surface area (Å²) >= 11 is 0. The first-order valence-corrected chi connectivity index (χ1v) is 7.87. The Kier molecular flexibility index (Phi) is 4.46. The van der Waals surface area contributed by atoms with Crippen LogP contribution in [0.15, 0.2) is 54.6 Å². The van der Waals surface area contributed by atoms with Crippen LogP contribution in [-0.4, -0.2) is 31.1 Å². The van der Waals surface area contributed by atoms with Gasteiger partial charge in [-0.3, -0.25) is 4.90 Å². The third kappa shape index (κ3) is 3.01. The number of hydrogen-bond donors (Lipinski definition) is 1. The van der Waals surface area contributed by atoms with Gasteiger partial charge in [-0.2, -0.15) is 0 Å². The smallest absolute Gasteiger partial charge is 0.119 e. The number of ether oxygens (including phenoxy) is 1. The van der Waals surface area contributed by atoms with Crippen molar-refractivity contribution in [3.8, 4) is 5.75 Å². The number of nitrogens with zero attached hydrogens (tertiary/aromatic N) is 1. The Morgan fingerprint density at radius 3 is 2.59 bits per heavy atom. The molecule has 0 amide bonds. The molecule has 0 spiro atoms. The highest BCUT2D eigenvalue weighted by molar-refractivity contribution is 5.31. The number of likely N-dealkylation sites (tertiary alicyclic amines) is 1. The Morgan fingerprint density at radius 1 is 1.09 bits per heavy atom. The van der Waals surface area contributed by atoms with Crippen molar-refractivity contribution in [2.75, 3.05) is 20.2 Å². The van der Waals surface area contributed by atoms with Crippen molar-refractivity contribution in [3.05, 3.63) is 65.7 Å². The first-order chi connectivity index (χ1) is 10.7. The van der Waals surface area contributed by atoms with Gasteiger partial charge >= 0.3 is 0 Å². The molecule has 2 N–H and O–H groups in total. The molecule has 116 valence electrons. The molecule has 0 radical (unpaired) electrons. The molecule has 1 fully saturated rings. The molecule has 1 heterocycles. The Bertz CT molecular complexity index is 614. The lowest BCUT2D eigenvalue weighted by Gasteiger charge is -2.25. The van der Waals surface area contributed by atoms with Gasteiger partial charge in [0, 0.05) is 31.1 Å². The van der Waals surface area contributed by atoms with Crippen LogP contribution in [0.25, 0.3) is 0 Å². The summed E-state index contributed by atoms with van der Waals surface area (Å²) in [5.41, 5.74) is 9.03. The fraction of sp³-hybridized carbons (Fsp3) is 0.368. The number of benzene rings is 2. The van der Waals surface area contributed by atoms with Crippen molar-refractivity contribution >= 4 is 0 Å². The lowest BCUT2D eigenvalue weighted by atomic mass is 9.95. The van der Waals surface area contributed by atoms with Gasteiger partial charge in [-0.25, -0.2) is 0 Å². The summed E-state index contributed by atoms with van der Waals surface area (Å²) in [6.45, 7) is 4.18. The van der Waals surface area contributed by atoms with Gasteiger partial charge in [-0.05, 0) is 30.2 Å². The van der Waals surface area contributed by atoms with Crippen LogP contribution in [-0.2, 0) is 0 Å². The molecule has 1 aliphatic heterocycles. The van der Waals surface area contributed by atoms with Crippen LogP contribution >= 0.6 is 0 Å². The first kappa shape index (κ1) is 15.1. The average Bonchev–Trinajstić information content (AvgIpc) is 2.97. The van der Waals surface area contributed by atoms with Crippen LogP contribution < -0.4 is 10.5 Å². The molecule has 1 aliphatic rings. The van der Waals surface area contributed by atoms with Crippen molar-refractivity contribution in [1.29, 1.82) is 0 Å². The summed E-state index contributed by atoms with van der Waals surface area (Å²) in [5.74, 6) is 1.32. The van der Waals surface area contributed by atoms with Crippen LogP contribution in [0.5, 0.6) is 5.75 Å². The predicted octanol–water partition coefficient (Wildman–Crippen LogP) is 3.18. The molecule has 3 nitrogen and oxygen atoms in total. The van der Waals surface area contributed by atoms with Crippen molar-refractivity contribution in [1.82, 2.24) is 4.90 Å². The van der Waals surface area contributed by atoms with Crippen molar-refractivity contribution in [2.45, 2.75) is 24.9 Å². The summed E-state index contributed by atoms with van der Waals surface area (Å²) < 4.78 is 5.34. The highest BCUT2D eigenvalue weighted by Gasteiger charge is 2.33. The molecule has 2 aromatic rings. The van der Waals surface area contributed by atoms with E-state index in [0.717, 1.165) is 18.8 Å². The molecular weight excluding hydrogens is 272 g/mol. The minimum atomic E-state index is 0.190. The quantitative estimate of drug-likeness (QED) is 0.941. The maximum absolute atomic E-state index is 6.41. The van der Waals surface area contributed by atoms with E-state index in [1.54, 1.807) is 7.11 Å². The Balaban J connectivity index is 1.76. The van der Waals surface area contributed by atoms with E-state index in [9.17, 15) is 0 Å². The van der Waals surface area contributed by atoms with Gasteiger partial charge in [0.25, 0.3) is 0 Å². The number of nitrogens with two attached hydrogens (primary N) is 1. The normalized spacial score (nSPS) is 23.4. The number of hydrogen-bond acceptors (Lipinski definition) is 3. The highest BCUT2D eigenvalue weighted by atomic mass is 16.5. The molecular formula is C19H24N2O. The summed E-state index contributed by atoms with van der Waals surface area (Å²) in [7, 11) is 1.71. The zero-order valence-corrected chi connectivity index (χ0v) is 13.3. The largest absolute Gasteiger partial charge is 0.497 e. The monoisotopic (exact) mass is 296 g/mol. The molecule has 2 aromatic carbocycles. The van der Waals surface area contributed by atoms with E-state index in [1.807, 2.05) is 6.07 Å². The third-order valence-electron chi connectivity index (χ3n) is 4.75. The maximum Gasteiger partial charge on any atom is 0.119 e. The molecule has 0 aromatic heterocycles. The average molecular weight is 296 g/mol. The van der Waals surface area contributed by atoms with Crippen LogP contribution in [0.1, 0.15) is 30.0 Å². The molecule has 3 atom stereocenters. The SMILES string of the molecule is COc1cccc(C(C)N2C[C@@H](N)[C@H](c3ccccc3)C2)c1. The Labute approximate surface area is 132 Å². The number of rotatable bonds is 4. The van der Waals surface area contributed by atoms with Gasteiger partial charge in [0.2, 0.25) is 0 Å². The van der Waals surface area contributed by atoms with Crippen LogP contribution in [0.3, 0.4) is 0 Å². The van der Waals surface area contributed by atoms with Crippen LogP contribution in [0.2, 0.25) is 0 Å². The molecule has 1 unspecified atom stereocenters. The first-order valence-electron chi connectivity index (χ1n) is 7.87. The lowest BCUT2D eigenvalue weighted by molar-refractivity contribution is 0.256. The zero-order chi connectivity index (χ0) is 15.5. The summed E-state index contributed by atoms with van der Waals surface area (Å²) in [4.78, 5) is 2.47. The predicted molar refractivity (Wildman–Crippen MR) is 90.1 cm³/mol. The summed E-state index contributed by atoms with van der Waals surface area (Å²) in [6.07, 6.45) is 0. The van der Waals surface area contributed by atoms with E-state index >= 15 is 0 Å². The van der Waals surface area contributed by atoms with Crippen LogP contribution in [0, 0.1) is 0 Å². The van der Waals surface area contributed by atoms with Gasteiger partial charge < -0.3 is 10.5 Å². The molecule has 0 bridgehead atoms. The van der Waals surface area contributed by atoms with E-state index < -0.39 is 0 Å². The fourth-order valence-electron chi connectivity index (χ4n) is 3.34. The Hall–Kier alpha value is -1.84. The van der Waals surface area contributed by atoms with Gasteiger partial charge in [0.1, 0.15) is 5.75 Å². The van der Waals surface area contributed by atoms with Gasteiger partial charge in [0.05, 0.1) is 7.11 Å². The zero-order valence-electron chi connectivity index (χ0n) is 13.3. The van der Waals surface area contributed by atoms with Crippen molar-refractivity contribution in [3.63, 3.8) is 0 Å². The van der Waals surface area contributed by atoms with Crippen molar-refractivity contribution < 1.29 is 4.74 Å². The second kappa shape index (κ2) is 6.51. The second-order valence-corrected chi connectivity index (χ2v) is 6.09. The van der Waals surface area contributed by atoms with Gasteiger partial charge in [-0.15, -0.1) is 0 Å². The topological polar surface area (TPSA) is 38.5 Å². The third-order valence-corrected chi connectivity index (χ3v) is 4.75. The standard InChI is InChI=1S/C19H24N2O/c1-14(16-9-6-10-17(11-16)22-2)21-12-18(19(20)13-21)15-7-4-3-5-8-15/h3-11,14,18-19H,12-13,20H2,1-2H3/t14?,18-,19+/m0/s1. The van der Waals surface area contributed by atoms with E-state index in [4.69, 9.17) is 10.5 Å². The minimum Gasteiger partial charge on any atom is -0.497 e. The molecule has 0 aliphatic carbocycles. The second-order valence-electron chi connectivity index (χ2n) is 6.09. The minimum absolute atomic E-state index is 0.190. The molecule has 3 heteroatoms. The molecule has 3 rings (SSSR count). The summed E-state index contributed by atoms with van der Waals surface area (Å²) in [6, 6.07) is 19.5. The molecule has 22 heavy (non-hydrogen) atoms. The van der Waals surface area contributed by atoms with E-state index in [1.165, 1.54) is 11.1 Å². The molecule has 0 saturated carbocycles. The Morgan fingerprint density at radius 2 is 1.86 bits per heavy atom. The summed E-state index contributed by atoms with van der Waals surface area (Å²) in [5, 5.41) is 0. The van der Waals surface area contributed by atoms with Crippen molar-refractivity contribution in [2.24, 2.45) is 5.73 Å². The van der Waals surface area contributed by atoms with E-state index in [0.29, 0.717) is 12.0 Å². The molecule has 1 saturated heterocycles. The maximum atomic E-state index is 6.41. The van der Waals surface area contributed by atoms with Crippen LogP contribution in [0.4, 0.5) is 0 Å². The van der Waals surface area contributed by atoms with E-state index in [-0.39, 0.29) is 6.04 Å². The fourth-order valence-corrected chi connectivity index (χ4v) is 3.34.